The summed E-state index contributed by atoms with van der Waals surface area (Å²) < 4.78 is 31.3. The molecule has 2 heterocycles. The molecule has 13 atom stereocenters. The Morgan fingerprint density at radius 2 is 1.51 bits per heavy atom. The lowest BCUT2D eigenvalue weighted by Gasteiger charge is -2.66. The number of esters is 1. The lowest BCUT2D eigenvalue weighted by molar-refractivity contribution is -0.278. The summed E-state index contributed by atoms with van der Waals surface area (Å²) >= 11 is 0. The van der Waals surface area contributed by atoms with Gasteiger partial charge < -0.3 is 23.7 Å². The maximum atomic E-state index is 12.0. The first kappa shape index (κ1) is 32.3. The van der Waals surface area contributed by atoms with Gasteiger partial charge in [0, 0.05) is 19.6 Å². The van der Waals surface area contributed by atoms with Crippen molar-refractivity contribution in [2.45, 2.75) is 155 Å². The topological polar surface area (TPSA) is 63.2 Å². The summed E-state index contributed by atoms with van der Waals surface area (Å²) in [4.78, 5) is 12.0. The highest BCUT2D eigenvalue weighted by Crippen LogP contribution is 2.70. The van der Waals surface area contributed by atoms with Gasteiger partial charge in [0.25, 0.3) is 0 Å². The zero-order chi connectivity index (χ0) is 30.2. The van der Waals surface area contributed by atoms with Gasteiger partial charge in [-0.15, -0.1) is 0 Å². The van der Waals surface area contributed by atoms with E-state index in [2.05, 4.69) is 27.7 Å². The Morgan fingerprint density at radius 3 is 2.16 bits per heavy atom. The Labute approximate surface area is 262 Å². The van der Waals surface area contributed by atoms with Crippen molar-refractivity contribution < 1.29 is 28.5 Å². The van der Waals surface area contributed by atoms with Gasteiger partial charge in [-0.25, -0.2) is 0 Å². The maximum Gasteiger partial charge on any atom is 0.305 e. The van der Waals surface area contributed by atoms with E-state index in [9.17, 15) is 4.79 Å². The fourth-order valence-corrected chi connectivity index (χ4v) is 11.9. The predicted molar refractivity (Wildman–Crippen MR) is 167 cm³/mol. The highest BCUT2D eigenvalue weighted by atomic mass is 16.7. The summed E-state index contributed by atoms with van der Waals surface area (Å²) in [6.45, 7) is 11.8. The van der Waals surface area contributed by atoms with Crippen LogP contribution in [0.25, 0.3) is 0 Å². The molecular weight excluding hydrogens is 540 g/mol. The summed E-state index contributed by atoms with van der Waals surface area (Å²) in [5.41, 5.74) is 0.647. The van der Waals surface area contributed by atoms with Crippen molar-refractivity contribution in [1.29, 1.82) is 0 Å². The maximum absolute atomic E-state index is 12.0. The molecule has 6 nitrogen and oxygen atoms in total. The number of carbonyl (C=O) groups excluding carboxylic acids is 1. The molecule has 0 spiro atoms. The molecule has 2 saturated heterocycles. The zero-order valence-corrected chi connectivity index (χ0v) is 28.0. The second-order valence-electron chi connectivity index (χ2n) is 16.0. The van der Waals surface area contributed by atoms with Gasteiger partial charge in [0.15, 0.2) is 12.6 Å². The monoisotopic (exact) mass is 602 g/mol. The molecular formula is C37H62O6. The SMILES string of the molecule is CC[C@H]1[C@@H](OC2CCCCO2)[C@@H]2[C@H](CC[C@]3(C)[C@@H]([C@H](C)CCC(=O)OC)CC[C@@H]23)[C@@]2(C)CC[C@@H](OC3CCCCO3)C[C@@H]12. The number of ether oxygens (including phenoxy) is 5. The summed E-state index contributed by atoms with van der Waals surface area (Å²) in [6.07, 6.45) is 18.8. The van der Waals surface area contributed by atoms with Gasteiger partial charge in [0.05, 0.1) is 19.3 Å². The third-order valence-corrected chi connectivity index (χ3v) is 14.1. The van der Waals surface area contributed by atoms with Crippen molar-refractivity contribution >= 4 is 5.97 Å². The molecule has 4 saturated carbocycles. The van der Waals surface area contributed by atoms with E-state index in [1.807, 2.05) is 0 Å². The number of hydrogen-bond acceptors (Lipinski definition) is 6. The largest absolute Gasteiger partial charge is 0.469 e. The lowest BCUT2D eigenvalue weighted by atomic mass is 9.41. The molecule has 2 unspecified atom stereocenters. The van der Waals surface area contributed by atoms with Crippen LogP contribution in [0.3, 0.4) is 0 Å². The standard InChI is InChI=1S/C37H62O6/c1-6-26-30-23-25(42-32-11-7-9-21-40-32)17-19-37(30,4)29-18-20-36(3)27(24(2)13-16-31(38)39-5)14-15-28(36)34(29)35(26)43-33-12-8-10-22-41-33/h24-30,32-35H,6-23H2,1-5H3/t24-,25-,26-,27-,28+,29+,30+,32?,33?,34+,35-,36-,37-/m1/s1. The second kappa shape index (κ2) is 13.6. The third kappa shape index (κ3) is 6.22. The normalized spacial score (nSPS) is 47.2. The number of fused-ring (bicyclic) bond motifs is 5. The predicted octanol–water partition coefficient (Wildman–Crippen LogP) is 8.30. The Hall–Kier alpha value is -0.690. The van der Waals surface area contributed by atoms with Crippen molar-refractivity contribution in [3.63, 3.8) is 0 Å². The first-order valence-electron chi connectivity index (χ1n) is 18.4. The van der Waals surface area contributed by atoms with Gasteiger partial charge in [-0.2, -0.15) is 0 Å². The molecule has 0 aromatic rings. The van der Waals surface area contributed by atoms with E-state index >= 15 is 0 Å². The van der Waals surface area contributed by atoms with Gasteiger partial charge in [0.2, 0.25) is 0 Å². The van der Waals surface area contributed by atoms with Gasteiger partial charge in [-0.3, -0.25) is 4.79 Å². The van der Waals surface area contributed by atoms with Crippen LogP contribution < -0.4 is 0 Å². The van der Waals surface area contributed by atoms with Crippen molar-refractivity contribution in [3.05, 3.63) is 0 Å². The minimum absolute atomic E-state index is 0.00538. The fourth-order valence-electron chi connectivity index (χ4n) is 11.9. The zero-order valence-electron chi connectivity index (χ0n) is 28.0. The van der Waals surface area contributed by atoms with Crippen LogP contribution in [0.5, 0.6) is 0 Å². The summed E-state index contributed by atoms with van der Waals surface area (Å²) in [5.74, 6) is 4.26. The van der Waals surface area contributed by atoms with Gasteiger partial charge in [-0.05, 0) is 142 Å². The van der Waals surface area contributed by atoms with E-state index in [0.717, 1.165) is 51.7 Å². The van der Waals surface area contributed by atoms with Crippen molar-refractivity contribution in [2.75, 3.05) is 20.3 Å². The van der Waals surface area contributed by atoms with E-state index in [0.29, 0.717) is 64.8 Å². The molecule has 4 aliphatic carbocycles. The Kier molecular flexibility index (Phi) is 10.2. The first-order valence-corrected chi connectivity index (χ1v) is 18.4. The molecule has 6 fully saturated rings. The molecule has 0 N–H and O–H groups in total. The molecule has 0 amide bonds. The van der Waals surface area contributed by atoms with Gasteiger partial charge >= 0.3 is 5.97 Å². The van der Waals surface area contributed by atoms with Crippen LogP contribution in [0.15, 0.2) is 0 Å². The Balaban J connectivity index is 1.27. The van der Waals surface area contributed by atoms with Crippen LogP contribution in [0.2, 0.25) is 0 Å². The number of hydrogen-bond donors (Lipinski definition) is 0. The van der Waals surface area contributed by atoms with E-state index in [1.54, 1.807) is 0 Å². The molecule has 0 bridgehead atoms. The van der Waals surface area contributed by atoms with Crippen molar-refractivity contribution in [1.82, 2.24) is 0 Å². The van der Waals surface area contributed by atoms with Crippen LogP contribution in [-0.2, 0) is 28.5 Å². The van der Waals surface area contributed by atoms with Crippen molar-refractivity contribution in [2.24, 2.45) is 52.3 Å². The van der Waals surface area contributed by atoms with E-state index in [4.69, 9.17) is 23.7 Å². The lowest BCUT2D eigenvalue weighted by Crippen LogP contribution is -2.63. The van der Waals surface area contributed by atoms with Crippen LogP contribution >= 0.6 is 0 Å². The van der Waals surface area contributed by atoms with Crippen LogP contribution in [0.4, 0.5) is 0 Å². The summed E-state index contributed by atoms with van der Waals surface area (Å²) in [6, 6.07) is 0. The number of carbonyl (C=O) groups is 1. The average Bonchev–Trinajstić information content (AvgIpc) is 3.38. The first-order chi connectivity index (χ1) is 20.8. The minimum atomic E-state index is -0.0668. The Bertz CT molecular complexity index is 928. The van der Waals surface area contributed by atoms with Crippen LogP contribution in [0.1, 0.15) is 130 Å². The summed E-state index contributed by atoms with van der Waals surface area (Å²) in [5, 5.41) is 0. The smallest absolute Gasteiger partial charge is 0.305 e. The molecule has 246 valence electrons. The average molecular weight is 603 g/mol. The second-order valence-corrected chi connectivity index (χ2v) is 16.0. The molecule has 0 aromatic heterocycles. The Morgan fingerprint density at radius 1 is 0.837 bits per heavy atom. The van der Waals surface area contributed by atoms with Gasteiger partial charge in [0.1, 0.15) is 0 Å². The fraction of sp³-hybridized carbons (Fsp3) is 0.973. The highest BCUT2D eigenvalue weighted by molar-refractivity contribution is 5.69. The van der Waals surface area contributed by atoms with Gasteiger partial charge in [-0.1, -0.05) is 34.1 Å². The molecule has 0 aromatic carbocycles. The molecule has 6 aliphatic rings. The van der Waals surface area contributed by atoms with Crippen LogP contribution in [0, 0.1) is 52.3 Å². The third-order valence-electron chi connectivity index (χ3n) is 14.1. The quantitative estimate of drug-likeness (QED) is 0.195. The van der Waals surface area contributed by atoms with E-state index in [-0.39, 0.29) is 24.7 Å². The van der Waals surface area contributed by atoms with E-state index < -0.39 is 0 Å². The minimum Gasteiger partial charge on any atom is -0.469 e. The highest BCUT2D eigenvalue weighted by Gasteiger charge is 2.65. The molecule has 0 radical (unpaired) electrons. The van der Waals surface area contributed by atoms with Crippen molar-refractivity contribution in [3.8, 4) is 0 Å². The molecule has 43 heavy (non-hydrogen) atoms. The number of rotatable bonds is 9. The molecule has 6 heteroatoms. The molecule has 6 rings (SSSR count). The number of methoxy groups -OCH3 is 1. The molecule has 2 aliphatic heterocycles. The van der Waals surface area contributed by atoms with Crippen LogP contribution in [-0.4, -0.2) is 51.1 Å². The van der Waals surface area contributed by atoms with E-state index in [1.165, 1.54) is 64.9 Å². The summed E-state index contributed by atoms with van der Waals surface area (Å²) in [7, 11) is 1.52.